The van der Waals surface area contributed by atoms with Crippen LogP contribution >= 0.6 is 0 Å². The molecular weight excluding hydrogens is 264 g/mol. The highest BCUT2D eigenvalue weighted by Gasteiger charge is 2.40. The van der Waals surface area contributed by atoms with E-state index < -0.39 is 5.60 Å². The summed E-state index contributed by atoms with van der Waals surface area (Å²) in [6.45, 7) is 10.6. The zero-order chi connectivity index (χ0) is 15.4. The van der Waals surface area contributed by atoms with Crippen LogP contribution < -0.4 is 0 Å². The van der Waals surface area contributed by atoms with Gasteiger partial charge in [-0.2, -0.15) is 0 Å². The van der Waals surface area contributed by atoms with E-state index in [0.29, 0.717) is 6.54 Å². The van der Waals surface area contributed by atoms with Gasteiger partial charge in [-0.3, -0.25) is 9.88 Å². The van der Waals surface area contributed by atoms with Crippen molar-refractivity contribution in [2.24, 2.45) is 0 Å². The van der Waals surface area contributed by atoms with Gasteiger partial charge in [0.05, 0.1) is 12.6 Å². The normalized spacial score (nSPS) is 20.4. The Kier molecular flexibility index (Phi) is 3.23. The Balaban J connectivity index is 1.98. The first-order valence-corrected chi connectivity index (χ1v) is 7.76. The average Bonchev–Trinajstić information content (AvgIpc) is 2.75. The quantitative estimate of drug-likeness (QED) is 0.728. The second-order valence-corrected chi connectivity index (χ2v) is 7.18. The summed E-state index contributed by atoms with van der Waals surface area (Å²) in [5, 5.41) is 0. The van der Waals surface area contributed by atoms with Gasteiger partial charge in [0.1, 0.15) is 5.60 Å². The second kappa shape index (κ2) is 4.72. The van der Waals surface area contributed by atoms with Crippen LogP contribution in [0.3, 0.4) is 0 Å². The summed E-state index contributed by atoms with van der Waals surface area (Å²) in [6.07, 6.45) is 2.94. The second-order valence-electron chi connectivity index (χ2n) is 7.18. The molecule has 21 heavy (non-hydrogen) atoms. The fourth-order valence-electron chi connectivity index (χ4n) is 3.44. The molecule has 1 aromatic heterocycles. The van der Waals surface area contributed by atoms with Crippen molar-refractivity contribution >= 4 is 6.09 Å². The average molecular weight is 288 g/mol. The van der Waals surface area contributed by atoms with Crippen molar-refractivity contribution < 1.29 is 9.53 Å². The van der Waals surface area contributed by atoms with Crippen LogP contribution in [-0.2, 0) is 17.7 Å². The van der Waals surface area contributed by atoms with Crippen molar-refractivity contribution in [3.8, 4) is 0 Å². The Morgan fingerprint density at radius 2 is 2.05 bits per heavy atom. The SMILES string of the molecule is Cc1nc2c3c(c1C)CN(C(=O)OC(C)(C)C)C3CCC2. The molecule has 114 valence electrons. The Labute approximate surface area is 126 Å². The molecule has 1 unspecified atom stereocenters. The van der Waals surface area contributed by atoms with Gasteiger partial charge in [-0.15, -0.1) is 0 Å². The number of hydrogen-bond acceptors (Lipinski definition) is 3. The van der Waals surface area contributed by atoms with Gasteiger partial charge in [-0.1, -0.05) is 0 Å². The topological polar surface area (TPSA) is 42.4 Å². The molecule has 1 amide bonds. The number of aromatic nitrogens is 1. The summed E-state index contributed by atoms with van der Waals surface area (Å²) in [7, 11) is 0. The fraction of sp³-hybridized carbons (Fsp3) is 0.647. The van der Waals surface area contributed by atoms with Gasteiger partial charge in [-0.25, -0.2) is 4.79 Å². The lowest BCUT2D eigenvalue weighted by molar-refractivity contribution is 0.0158. The van der Waals surface area contributed by atoms with Crippen molar-refractivity contribution in [2.75, 3.05) is 0 Å². The number of hydrogen-bond donors (Lipinski definition) is 0. The Morgan fingerprint density at radius 3 is 2.71 bits per heavy atom. The molecule has 0 saturated carbocycles. The molecule has 0 saturated heterocycles. The van der Waals surface area contributed by atoms with Gasteiger partial charge >= 0.3 is 6.09 Å². The molecule has 1 atom stereocenters. The Hall–Kier alpha value is -1.58. The maximum Gasteiger partial charge on any atom is 0.411 e. The Bertz CT molecular complexity index is 602. The van der Waals surface area contributed by atoms with E-state index in [2.05, 4.69) is 13.8 Å². The summed E-state index contributed by atoms with van der Waals surface area (Å²) < 4.78 is 5.59. The minimum absolute atomic E-state index is 0.158. The van der Waals surface area contributed by atoms with Crippen molar-refractivity contribution in [2.45, 2.75) is 72.1 Å². The van der Waals surface area contributed by atoms with E-state index in [9.17, 15) is 4.79 Å². The molecule has 4 heteroatoms. The van der Waals surface area contributed by atoms with E-state index >= 15 is 0 Å². The summed E-state index contributed by atoms with van der Waals surface area (Å²) in [4.78, 5) is 19.2. The third kappa shape index (κ3) is 2.41. The molecule has 0 radical (unpaired) electrons. The molecule has 1 aliphatic heterocycles. The monoisotopic (exact) mass is 288 g/mol. The molecule has 0 aromatic carbocycles. The van der Waals surface area contributed by atoms with Crippen LogP contribution in [0.1, 0.15) is 67.7 Å². The zero-order valence-electron chi connectivity index (χ0n) is 13.6. The van der Waals surface area contributed by atoms with E-state index in [1.165, 1.54) is 22.4 Å². The van der Waals surface area contributed by atoms with Gasteiger partial charge in [-0.05, 0) is 65.0 Å². The molecule has 1 aliphatic carbocycles. The predicted octanol–water partition coefficient (Wildman–Crippen LogP) is 3.83. The molecule has 0 bridgehead atoms. The highest BCUT2D eigenvalue weighted by atomic mass is 16.6. The van der Waals surface area contributed by atoms with E-state index in [1.807, 2.05) is 25.7 Å². The number of ether oxygens (including phenoxy) is 1. The van der Waals surface area contributed by atoms with Crippen LogP contribution in [-0.4, -0.2) is 21.6 Å². The number of carbonyl (C=O) groups is 1. The Morgan fingerprint density at radius 1 is 1.33 bits per heavy atom. The van der Waals surface area contributed by atoms with E-state index in [1.54, 1.807) is 0 Å². The summed E-state index contributed by atoms with van der Waals surface area (Å²) in [5.41, 5.74) is 5.66. The van der Waals surface area contributed by atoms with Gasteiger partial charge in [0.2, 0.25) is 0 Å². The highest BCUT2D eigenvalue weighted by Crippen LogP contribution is 2.44. The molecule has 2 heterocycles. The molecule has 0 N–H and O–H groups in total. The molecule has 3 rings (SSSR count). The first-order chi connectivity index (χ1) is 9.78. The zero-order valence-corrected chi connectivity index (χ0v) is 13.6. The predicted molar refractivity (Wildman–Crippen MR) is 81.2 cm³/mol. The van der Waals surface area contributed by atoms with Crippen molar-refractivity contribution in [1.29, 1.82) is 0 Å². The van der Waals surface area contributed by atoms with Crippen molar-refractivity contribution in [1.82, 2.24) is 9.88 Å². The fourth-order valence-corrected chi connectivity index (χ4v) is 3.44. The minimum Gasteiger partial charge on any atom is -0.444 e. The molecular formula is C17H24N2O2. The van der Waals surface area contributed by atoms with E-state index in [0.717, 1.165) is 25.0 Å². The van der Waals surface area contributed by atoms with Gasteiger partial charge in [0.15, 0.2) is 0 Å². The number of pyridine rings is 1. The standard InChI is InChI=1S/C17H24N2O2/c1-10-11(2)18-13-7-6-8-14-15(13)12(10)9-19(14)16(20)21-17(3,4)5/h14H,6-9H2,1-5H3. The van der Waals surface area contributed by atoms with Crippen LogP contribution in [0, 0.1) is 13.8 Å². The number of carbonyl (C=O) groups excluding carboxylic acids is 1. The highest BCUT2D eigenvalue weighted by molar-refractivity contribution is 5.71. The number of nitrogens with zero attached hydrogens (tertiary/aromatic N) is 2. The lowest BCUT2D eigenvalue weighted by Gasteiger charge is -2.30. The third-order valence-corrected chi connectivity index (χ3v) is 4.49. The summed E-state index contributed by atoms with van der Waals surface area (Å²) >= 11 is 0. The van der Waals surface area contributed by atoms with E-state index in [-0.39, 0.29) is 12.1 Å². The molecule has 2 aliphatic rings. The third-order valence-electron chi connectivity index (χ3n) is 4.49. The van der Waals surface area contributed by atoms with Crippen molar-refractivity contribution in [3.05, 3.63) is 28.1 Å². The number of rotatable bonds is 0. The first-order valence-electron chi connectivity index (χ1n) is 7.76. The van der Waals surface area contributed by atoms with Crippen LogP contribution in [0.5, 0.6) is 0 Å². The van der Waals surface area contributed by atoms with Gasteiger partial charge in [0.25, 0.3) is 0 Å². The largest absolute Gasteiger partial charge is 0.444 e. The van der Waals surface area contributed by atoms with Crippen LogP contribution in [0.25, 0.3) is 0 Å². The molecule has 0 fully saturated rings. The molecule has 1 aromatic rings. The number of aryl methyl sites for hydroxylation is 2. The van der Waals surface area contributed by atoms with Gasteiger partial charge < -0.3 is 4.74 Å². The minimum atomic E-state index is -0.452. The lowest BCUT2D eigenvalue weighted by Crippen LogP contribution is -2.36. The molecule has 0 spiro atoms. The van der Waals surface area contributed by atoms with Crippen molar-refractivity contribution in [3.63, 3.8) is 0 Å². The van der Waals surface area contributed by atoms with Crippen LogP contribution in [0.4, 0.5) is 4.79 Å². The lowest BCUT2D eigenvalue weighted by atomic mass is 9.88. The summed E-state index contributed by atoms with van der Waals surface area (Å²) in [6, 6.07) is 0.158. The number of amides is 1. The maximum absolute atomic E-state index is 12.5. The van der Waals surface area contributed by atoms with Crippen LogP contribution in [0.15, 0.2) is 0 Å². The summed E-state index contributed by atoms with van der Waals surface area (Å²) in [5.74, 6) is 0. The molecule has 4 nitrogen and oxygen atoms in total. The smallest absolute Gasteiger partial charge is 0.411 e. The first kappa shape index (κ1) is 14.4. The van der Waals surface area contributed by atoms with Crippen LogP contribution in [0.2, 0.25) is 0 Å². The maximum atomic E-state index is 12.5. The van der Waals surface area contributed by atoms with Gasteiger partial charge in [0, 0.05) is 17.0 Å². The van der Waals surface area contributed by atoms with E-state index in [4.69, 9.17) is 9.72 Å².